The lowest BCUT2D eigenvalue weighted by Crippen LogP contribution is -2.55. The minimum Gasteiger partial charge on any atom is -0.474 e. The van der Waals surface area contributed by atoms with E-state index in [1.807, 2.05) is 37.3 Å². The normalized spacial score (nSPS) is 19.2. The molecule has 2 aromatic carbocycles. The van der Waals surface area contributed by atoms with Gasteiger partial charge in [-0.1, -0.05) is 39.0 Å². The summed E-state index contributed by atoms with van der Waals surface area (Å²) >= 11 is 0. The number of carbonyl (C=O) groups is 1. The van der Waals surface area contributed by atoms with Crippen LogP contribution in [0.2, 0.25) is 18.1 Å². The van der Waals surface area contributed by atoms with E-state index in [-0.39, 0.29) is 29.9 Å². The smallest absolute Gasteiger partial charge is 0.320 e. The van der Waals surface area contributed by atoms with Crippen molar-refractivity contribution in [1.82, 2.24) is 20.4 Å². The average Bonchev–Trinajstić information content (AvgIpc) is 3.53. The molecule has 13 heteroatoms. The largest absolute Gasteiger partial charge is 0.474 e. The molecule has 2 heterocycles. The van der Waals surface area contributed by atoms with Gasteiger partial charge in [0.25, 0.3) is 0 Å². The number of aromatic nitrogens is 2. The molecule has 1 saturated heterocycles. The Hall–Kier alpha value is -3.39. The number of carbonyl (C=O) groups excluding carboxylic acids is 1. The first-order valence-corrected chi connectivity index (χ1v) is 18.4. The third-order valence-electron chi connectivity index (χ3n) is 9.05. The maximum absolute atomic E-state index is 14.3. The molecular weight excluding hydrogens is 615 g/mol. The maximum atomic E-state index is 14.3. The van der Waals surface area contributed by atoms with E-state index in [1.165, 1.54) is 7.11 Å². The number of para-hydroxylation sites is 1. The van der Waals surface area contributed by atoms with Gasteiger partial charge in [0, 0.05) is 32.7 Å². The van der Waals surface area contributed by atoms with Crippen molar-refractivity contribution in [3.63, 3.8) is 0 Å². The van der Waals surface area contributed by atoms with Crippen LogP contribution >= 0.6 is 0 Å². The summed E-state index contributed by atoms with van der Waals surface area (Å²) in [5.74, 6) is -3.95. The molecule has 0 unspecified atom stereocenters. The van der Waals surface area contributed by atoms with Crippen LogP contribution in [0.15, 0.2) is 42.5 Å². The first-order chi connectivity index (χ1) is 21.6. The monoisotopic (exact) mass is 661 g/mol. The van der Waals surface area contributed by atoms with Gasteiger partial charge in [0.1, 0.15) is 12.4 Å². The number of hydrogen-bond donors (Lipinski definition) is 3. The van der Waals surface area contributed by atoms with E-state index in [4.69, 9.17) is 19.0 Å². The molecule has 1 aromatic heterocycles. The highest BCUT2D eigenvalue weighted by atomic mass is 28.4. The van der Waals surface area contributed by atoms with Crippen LogP contribution in [0.3, 0.4) is 0 Å². The summed E-state index contributed by atoms with van der Waals surface area (Å²) < 4.78 is 61.8. The standard InChI is InChI=1S/C33H46F3N5O4Si/c1-21(45-46(7,8)32(3,4)5)19-44-30-22(2)29(41(40-30)24-12-10-9-11-13-24)38-31(42)39-33(14-15-43-6)20-37-18-25(33)23-16-26(34)28(36)27(35)17-23/h9-13,16-17,21,25,37H,14-15,18-20H2,1-8H3,(H2,38,39,42)/t21-,25-,33+/m0/s1. The Bertz CT molecular complexity index is 1490. The summed E-state index contributed by atoms with van der Waals surface area (Å²) in [5, 5.41) is 14.0. The Morgan fingerprint density at radius 2 is 1.83 bits per heavy atom. The molecule has 0 aliphatic carbocycles. The summed E-state index contributed by atoms with van der Waals surface area (Å²) in [4.78, 5) is 13.8. The molecule has 0 spiro atoms. The van der Waals surface area contributed by atoms with Crippen LogP contribution in [0.4, 0.5) is 23.8 Å². The number of amides is 2. The quantitative estimate of drug-likeness (QED) is 0.148. The molecule has 3 atom stereocenters. The van der Waals surface area contributed by atoms with Gasteiger partial charge in [0.15, 0.2) is 25.8 Å². The van der Waals surface area contributed by atoms with Gasteiger partial charge in [-0.3, -0.25) is 5.32 Å². The van der Waals surface area contributed by atoms with E-state index >= 15 is 0 Å². The molecule has 0 radical (unpaired) electrons. The molecule has 252 valence electrons. The SMILES string of the molecule is COCC[C@@]1(NC(=O)Nc2c(C)c(OC[C@H](C)O[Si](C)(C)C(C)(C)C)nn2-c2ccccc2)CNC[C@H]1c1cc(F)c(F)c(F)c1. The van der Waals surface area contributed by atoms with Gasteiger partial charge >= 0.3 is 6.03 Å². The van der Waals surface area contributed by atoms with Gasteiger partial charge in [-0.2, -0.15) is 0 Å². The molecule has 4 rings (SSSR count). The third kappa shape index (κ3) is 7.76. The van der Waals surface area contributed by atoms with Gasteiger partial charge in [-0.15, -0.1) is 5.10 Å². The fourth-order valence-corrected chi connectivity index (χ4v) is 6.93. The van der Waals surface area contributed by atoms with Crippen LogP contribution in [0.5, 0.6) is 5.88 Å². The molecule has 1 fully saturated rings. The highest BCUT2D eigenvalue weighted by Gasteiger charge is 2.45. The fraction of sp³-hybridized carbons (Fsp3) is 0.515. The lowest BCUT2D eigenvalue weighted by atomic mass is 9.79. The number of anilines is 1. The lowest BCUT2D eigenvalue weighted by Gasteiger charge is -2.38. The van der Waals surface area contributed by atoms with Gasteiger partial charge in [-0.25, -0.2) is 22.6 Å². The van der Waals surface area contributed by atoms with E-state index in [0.717, 1.165) is 12.1 Å². The first-order valence-electron chi connectivity index (χ1n) is 15.5. The molecule has 9 nitrogen and oxygen atoms in total. The molecule has 3 aromatic rings. The summed E-state index contributed by atoms with van der Waals surface area (Å²) in [5.41, 5.74) is 0.535. The fourth-order valence-electron chi connectivity index (χ4n) is 5.50. The van der Waals surface area contributed by atoms with Crippen LogP contribution in [0.25, 0.3) is 5.69 Å². The second kappa shape index (κ2) is 14.2. The minimum atomic E-state index is -2.02. The van der Waals surface area contributed by atoms with Gasteiger partial charge in [0.2, 0.25) is 5.88 Å². The third-order valence-corrected chi connectivity index (χ3v) is 13.7. The van der Waals surface area contributed by atoms with Crippen LogP contribution < -0.4 is 20.7 Å². The van der Waals surface area contributed by atoms with Crippen molar-refractivity contribution in [2.75, 3.05) is 38.7 Å². The lowest BCUT2D eigenvalue weighted by molar-refractivity contribution is 0.126. The molecular formula is C33H46F3N5O4Si. The predicted molar refractivity (Wildman–Crippen MR) is 175 cm³/mol. The second-order valence-corrected chi connectivity index (χ2v) is 18.2. The molecule has 0 saturated carbocycles. The Morgan fingerprint density at radius 1 is 1.17 bits per heavy atom. The van der Waals surface area contributed by atoms with Crippen molar-refractivity contribution < 1.29 is 31.9 Å². The number of ether oxygens (including phenoxy) is 2. The van der Waals surface area contributed by atoms with Crippen LogP contribution in [-0.4, -0.2) is 69.2 Å². The van der Waals surface area contributed by atoms with E-state index in [0.29, 0.717) is 42.5 Å². The Kier molecular flexibility index (Phi) is 10.9. The minimum absolute atomic E-state index is 0.0456. The van der Waals surface area contributed by atoms with Crippen molar-refractivity contribution >= 4 is 20.2 Å². The second-order valence-electron chi connectivity index (χ2n) is 13.5. The number of hydrogen-bond acceptors (Lipinski definition) is 6. The molecule has 2 amide bonds. The van der Waals surface area contributed by atoms with Gasteiger partial charge in [0.05, 0.1) is 22.9 Å². The van der Waals surface area contributed by atoms with Crippen LogP contribution in [-0.2, 0) is 9.16 Å². The number of urea groups is 1. The first kappa shape index (κ1) is 35.5. The van der Waals surface area contributed by atoms with E-state index in [2.05, 4.69) is 49.8 Å². The number of benzene rings is 2. The highest BCUT2D eigenvalue weighted by molar-refractivity contribution is 6.74. The summed E-state index contributed by atoms with van der Waals surface area (Å²) in [6, 6.07) is 10.7. The zero-order valence-corrected chi connectivity index (χ0v) is 28.9. The molecule has 3 N–H and O–H groups in total. The molecule has 46 heavy (non-hydrogen) atoms. The molecule has 0 bridgehead atoms. The number of methoxy groups -OCH3 is 1. The van der Waals surface area contributed by atoms with Crippen LogP contribution in [0.1, 0.15) is 51.2 Å². The predicted octanol–water partition coefficient (Wildman–Crippen LogP) is 6.67. The zero-order valence-electron chi connectivity index (χ0n) is 27.9. The van der Waals surface area contributed by atoms with Crippen molar-refractivity contribution in [1.29, 1.82) is 0 Å². The zero-order chi connectivity index (χ0) is 33.9. The van der Waals surface area contributed by atoms with Crippen molar-refractivity contribution in [2.45, 2.75) is 76.7 Å². The van der Waals surface area contributed by atoms with Gasteiger partial charge in [-0.05, 0) is 68.2 Å². The summed E-state index contributed by atoms with van der Waals surface area (Å²) in [6.45, 7) is 15.8. The summed E-state index contributed by atoms with van der Waals surface area (Å²) in [6.07, 6.45) is 0.141. The number of rotatable bonds is 12. The van der Waals surface area contributed by atoms with E-state index in [9.17, 15) is 18.0 Å². The summed E-state index contributed by atoms with van der Waals surface area (Å²) in [7, 11) is -0.488. The highest BCUT2D eigenvalue weighted by Crippen LogP contribution is 2.38. The number of nitrogens with zero attached hydrogens (tertiary/aromatic N) is 2. The van der Waals surface area contributed by atoms with Crippen molar-refractivity contribution in [3.05, 3.63) is 71.0 Å². The van der Waals surface area contributed by atoms with Crippen molar-refractivity contribution in [2.24, 2.45) is 0 Å². The van der Waals surface area contributed by atoms with Gasteiger partial charge < -0.3 is 24.5 Å². The van der Waals surface area contributed by atoms with Crippen molar-refractivity contribution in [3.8, 4) is 11.6 Å². The maximum Gasteiger partial charge on any atom is 0.320 e. The molecule has 1 aliphatic rings. The van der Waals surface area contributed by atoms with E-state index < -0.39 is 43.3 Å². The average molecular weight is 662 g/mol. The molecule has 1 aliphatic heterocycles. The van der Waals surface area contributed by atoms with Crippen LogP contribution in [0, 0.1) is 24.4 Å². The van der Waals surface area contributed by atoms with E-state index in [1.54, 1.807) is 11.6 Å². The Labute approximate surface area is 270 Å². The number of nitrogens with one attached hydrogen (secondary N) is 3. The topological polar surface area (TPSA) is 98.7 Å². The Balaban J connectivity index is 1.61. The Morgan fingerprint density at radius 3 is 2.43 bits per heavy atom. The number of halogens is 3.